The molecule has 202 valence electrons. The van der Waals surface area contributed by atoms with Crippen LogP contribution in [0.15, 0.2) is 75.8 Å². The molecule has 4 rings (SSSR count). The van der Waals surface area contributed by atoms with Crippen LogP contribution in [0.4, 0.5) is 14.9 Å². The molecule has 0 atom stereocenters. The number of rotatable bonds is 11. The Balaban J connectivity index is 1.46. The number of nitrogens with one attached hydrogen (secondary N) is 1. The molecule has 0 radical (unpaired) electrons. The molecule has 38 heavy (non-hydrogen) atoms. The van der Waals surface area contributed by atoms with E-state index < -0.39 is 0 Å². The number of anilines is 1. The predicted octanol–water partition coefficient (Wildman–Crippen LogP) is 4.97. The molecule has 1 aromatic heterocycles. The van der Waals surface area contributed by atoms with Crippen LogP contribution in [0.3, 0.4) is 0 Å². The minimum absolute atomic E-state index is 0.104. The van der Waals surface area contributed by atoms with Gasteiger partial charge in [-0.25, -0.2) is 9.18 Å². The summed E-state index contributed by atoms with van der Waals surface area (Å²) < 4.78 is 25.2. The fraction of sp³-hybridized carbons (Fsp3) is 0.357. The summed E-state index contributed by atoms with van der Waals surface area (Å²) >= 11 is 3.40. The lowest BCUT2D eigenvalue weighted by Crippen LogP contribution is -2.45. The van der Waals surface area contributed by atoms with E-state index in [2.05, 4.69) is 26.1 Å². The number of ether oxygens (including phenoxy) is 1. The van der Waals surface area contributed by atoms with Crippen molar-refractivity contribution in [2.75, 3.05) is 51.3 Å². The molecular formula is C28H32BrFN4O4. The second kappa shape index (κ2) is 14.1. The summed E-state index contributed by atoms with van der Waals surface area (Å²) in [5, 5.41) is 2.91. The first-order chi connectivity index (χ1) is 18.5. The molecule has 1 aliphatic heterocycles. The molecule has 0 spiro atoms. The largest absolute Gasteiger partial charge is 0.467 e. The van der Waals surface area contributed by atoms with Gasteiger partial charge < -0.3 is 24.3 Å². The van der Waals surface area contributed by atoms with Crippen molar-refractivity contribution in [3.05, 3.63) is 88.5 Å². The van der Waals surface area contributed by atoms with Crippen LogP contribution in [-0.4, -0.2) is 72.6 Å². The molecule has 8 nitrogen and oxygen atoms in total. The molecule has 0 aliphatic carbocycles. The lowest BCUT2D eigenvalue weighted by molar-refractivity contribution is -0.133. The number of carbonyl (C=O) groups is 2. The summed E-state index contributed by atoms with van der Waals surface area (Å²) in [6.45, 7) is 4.75. The van der Waals surface area contributed by atoms with E-state index >= 15 is 0 Å². The van der Waals surface area contributed by atoms with Crippen molar-refractivity contribution < 1.29 is 23.1 Å². The Hall–Kier alpha value is -3.21. The molecule has 0 unspecified atom stereocenters. The van der Waals surface area contributed by atoms with Crippen LogP contribution < -0.4 is 5.32 Å². The summed E-state index contributed by atoms with van der Waals surface area (Å²) in [5.74, 6) is 0.0513. The maximum absolute atomic E-state index is 13.6. The highest BCUT2D eigenvalue weighted by atomic mass is 79.9. The van der Waals surface area contributed by atoms with Gasteiger partial charge in [-0.05, 0) is 60.5 Å². The molecular weight excluding hydrogens is 555 g/mol. The Labute approximate surface area is 230 Å². The number of halogens is 2. The normalized spacial score (nSPS) is 13.7. The Bertz CT molecular complexity index is 1150. The van der Waals surface area contributed by atoms with Gasteiger partial charge in [-0.1, -0.05) is 28.1 Å². The van der Waals surface area contributed by atoms with Crippen LogP contribution in [0.1, 0.15) is 17.7 Å². The molecule has 1 aliphatic rings. The van der Waals surface area contributed by atoms with Crippen molar-refractivity contribution in [2.24, 2.45) is 0 Å². The van der Waals surface area contributed by atoms with E-state index in [9.17, 15) is 14.0 Å². The van der Waals surface area contributed by atoms with Gasteiger partial charge in [0.05, 0.1) is 26.0 Å². The van der Waals surface area contributed by atoms with E-state index in [0.29, 0.717) is 31.2 Å². The van der Waals surface area contributed by atoms with Crippen molar-refractivity contribution >= 4 is 33.6 Å². The first kappa shape index (κ1) is 27.8. The average Bonchev–Trinajstić information content (AvgIpc) is 3.44. The minimum atomic E-state index is -0.345. The third kappa shape index (κ3) is 8.68. The maximum atomic E-state index is 13.6. The monoisotopic (exact) mass is 586 g/mol. The Morgan fingerprint density at radius 2 is 1.71 bits per heavy atom. The number of amides is 3. The maximum Gasteiger partial charge on any atom is 0.322 e. The number of hydrogen-bond donors (Lipinski definition) is 1. The lowest BCUT2D eigenvalue weighted by atomic mass is 10.2. The van der Waals surface area contributed by atoms with Crippen LogP contribution in [0.2, 0.25) is 0 Å². The quantitative estimate of drug-likeness (QED) is 0.343. The highest BCUT2D eigenvalue weighted by Crippen LogP contribution is 2.16. The highest BCUT2D eigenvalue weighted by Gasteiger charge is 2.23. The van der Waals surface area contributed by atoms with Gasteiger partial charge in [-0.15, -0.1) is 0 Å². The van der Waals surface area contributed by atoms with E-state index in [1.807, 2.05) is 12.1 Å². The SMILES string of the molecule is O=C(CN(CCCN1CCOCC1)C(=O)Nc1ccc(Br)cc1)N(Cc1ccc(F)cc1)Cc1ccco1. The van der Waals surface area contributed by atoms with E-state index in [1.165, 1.54) is 12.1 Å². The number of hydrogen-bond acceptors (Lipinski definition) is 5. The molecule has 1 fully saturated rings. The summed E-state index contributed by atoms with van der Waals surface area (Å²) in [4.78, 5) is 32.3. The fourth-order valence-electron chi connectivity index (χ4n) is 4.19. The van der Waals surface area contributed by atoms with Crippen molar-refractivity contribution in [1.29, 1.82) is 0 Å². The van der Waals surface area contributed by atoms with Crippen LogP contribution in [0, 0.1) is 5.82 Å². The highest BCUT2D eigenvalue weighted by molar-refractivity contribution is 9.10. The summed E-state index contributed by atoms with van der Waals surface area (Å²) in [7, 11) is 0. The zero-order valence-corrected chi connectivity index (χ0v) is 22.7. The van der Waals surface area contributed by atoms with E-state index in [4.69, 9.17) is 9.15 Å². The number of nitrogens with zero attached hydrogens (tertiary/aromatic N) is 3. The van der Waals surface area contributed by atoms with E-state index in [0.717, 1.165) is 36.1 Å². The molecule has 0 bridgehead atoms. The number of carbonyl (C=O) groups excluding carboxylic acids is 2. The van der Waals surface area contributed by atoms with Gasteiger partial charge in [-0.2, -0.15) is 0 Å². The van der Waals surface area contributed by atoms with Crippen molar-refractivity contribution in [1.82, 2.24) is 14.7 Å². The topological polar surface area (TPSA) is 78.3 Å². The van der Waals surface area contributed by atoms with Crippen molar-refractivity contribution in [3.8, 4) is 0 Å². The van der Waals surface area contributed by atoms with Crippen molar-refractivity contribution in [3.63, 3.8) is 0 Å². The Morgan fingerprint density at radius 3 is 2.39 bits per heavy atom. The number of furan rings is 1. The third-order valence-corrected chi connectivity index (χ3v) is 6.81. The summed E-state index contributed by atoms with van der Waals surface area (Å²) in [6, 6.07) is 16.5. The minimum Gasteiger partial charge on any atom is -0.467 e. The summed E-state index contributed by atoms with van der Waals surface area (Å²) in [6.07, 6.45) is 2.27. The smallest absolute Gasteiger partial charge is 0.322 e. The number of urea groups is 1. The molecule has 0 saturated carbocycles. The molecule has 1 N–H and O–H groups in total. The van der Waals surface area contributed by atoms with Gasteiger partial charge in [-0.3, -0.25) is 9.69 Å². The molecule has 2 heterocycles. The predicted molar refractivity (Wildman–Crippen MR) is 146 cm³/mol. The van der Waals surface area contributed by atoms with Crippen LogP contribution >= 0.6 is 15.9 Å². The number of morpholine rings is 1. The van der Waals surface area contributed by atoms with Gasteiger partial charge >= 0.3 is 6.03 Å². The number of benzene rings is 2. The van der Waals surface area contributed by atoms with Crippen molar-refractivity contribution in [2.45, 2.75) is 19.5 Å². The zero-order valence-electron chi connectivity index (χ0n) is 21.2. The Kier molecular flexibility index (Phi) is 10.3. The van der Waals surface area contributed by atoms with Crippen LogP contribution in [0.25, 0.3) is 0 Å². The van der Waals surface area contributed by atoms with E-state index in [-0.39, 0.29) is 37.4 Å². The first-order valence-electron chi connectivity index (χ1n) is 12.6. The zero-order chi connectivity index (χ0) is 26.7. The fourth-order valence-corrected chi connectivity index (χ4v) is 4.46. The van der Waals surface area contributed by atoms with Gasteiger partial charge in [0.1, 0.15) is 18.1 Å². The van der Waals surface area contributed by atoms with Gasteiger partial charge in [0.2, 0.25) is 5.91 Å². The van der Waals surface area contributed by atoms with Crippen LogP contribution in [-0.2, 0) is 22.6 Å². The Morgan fingerprint density at radius 1 is 0.974 bits per heavy atom. The first-order valence-corrected chi connectivity index (χ1v) is 13.4. The lowest BCUT2D eigenvalue weighted by Gasteiger charge is -2.30. The third-order valence-electron chi connectivity index (χ3n) is 6.28. The van der Waals surface area contributed by atoms with Gasteiger partial charge in [0.25, 0.3) is 0 Å². The summed E-state index contributed by atoms with van der Waals surface area (Å²) in [5.41, 5.74) is 1.42. The molecule has 10 heteroatoms. The molecule has 2 aromatic carbocycles. The second-order valence-electron chi connectivity index (χ2n) is 9.12. The van der Waals surface area contributed by atoms with E-state index in [1.54, 1.807) is 52.5 Å². The molecule has 3 amide bonds. The van der Waals surface area contributed by atoms with Gasteiger partial charge in [0.15, 0.2) is 0 Å². The average molecular weight is 587 g/mol. The van der Waals surface area contributed by atoms with Crippen LogP contribution in [0.5, 0.6) is 0 Å². The van der Waals surface area contributed by atoms with Gasteiger partial charge in [0, 0.05) is 42.9 Å². The standard InChI is InChI=1S/C28H32BrFN4O4/c29-23-6-10-25(11-7-23)31-28(36)33(13-2-12-32-14-17-37-18-15-32)21-27(35)34(20-26-3-1-16-38-26)19-22-4-8-24(30)9-5-22/h1,3-11,16H,2,12-15,17-21H2,(H,31,36). The second-order valence-corrected chi connectivity index (χ2v) is 10.0. The molecule has 3 aromatic rings. The molecule has 1 saturated heterocycles.